The summed E-state index contributed by atoms with van der Waals surface area (Å²) in [6, 6.07) is 14.0. The van der Waals surface area contributed by atoms with Gasteiger partial charge in [0.15, 0.2) is 0 Å². The van der Waals surface area contributed by atoms with Gasteiger partial charge in [-0.25, -0.2) is 8.42 Å². The van der Waals surface area contributed by atoms with Crippen LogP contribution < -0.4 is 10.1 Å². The zero-order valence-electron chi connectivity index (χ0n) is 19.5. The average molecular weight is 471 g/mol. The first-order chi connectivity index (χ1) is 15.9. The second kappa shape index (κ2) is 9.85. The summed E-state index contributed by atoms with van der Waals surface area (Å²) in [6.45, 7) is 5.28. The summed E-state index contributed by atoms with van der Waals surface area (Å²) in [4.78, 5) is 13.4. The van der Waals surface area contributed by atoms with Crippen molar-refractivity contribution in [3.63, 3.8) is 0 Å². The molecule has 178 valence electrons. The van der Waals surface area contributed by atoms with Crippen LogP contribution in [0.5, 0.6) is 5.75 Å². The van der Waals surface area contributed by atoms with E-state index in [1.165, 1.54) is 6.07 Å². The van der Waals surface area contributed by atoms with E-state index in [1.807, 2.05) is 24.3 Å². The minimum absolute atomic E-state index is 0.181. The molecule has 33 heavy (non-hydrogen) atoms. The van der Waals surface area contributed by atoms with Gasteiger partial charge >= 0.3 is 0 Å². The molecule has 4 rings (SSSR count). The lowest BCUT2D eigenvalue weighted by Crippen LogP contribution is -2.44. The maximum atomic E-state index is 13.3. The molecule has 1 fully saturated rings. The largest absolute Gasteiger partial charge is 0.487 e. The van der Waals surface area contributed by atoms with Crippen LogP contribution in [0, 0.1) is 0 Å². The third kappa shape index (κ3) is 4.94. The molecule has 2 aromatic rings. The highest BCUT2D eigenvalue weighted by atomic mass is 32.2. The van der Waals surface area contributed by atoms with Crippen LogP contribution in [-0.4, -0.2) is 37.3 Å². The molecule has 2 aromatic carbocycles. The topological polar surface area (TPSA) is 75.7 Å². The first kappa shape index (κ1) is 23.8. The number of ether oxygens (including phenoxy) is 1. The van der Waals surface area contributed by atoms with Gasteiger partial charge < -0.3 is 10.1 Å². The number of fused-ring (bicyclic) bond motifs is 1. The van der Waals surface area contributed by atoms with Gasteiger partial charge in [-0.05, 0) is 49.9 Å². The van der Waals surface area contributed by atoms with Crippen molar-refractivity contribution in [3.05, 3.63) is 59.7 Å². The highest BCUT2D eigenvalue weighted by Crippen LogP contribution is 2.42. The molecule has 0 radical (unpaired) electrons. The molecular formula is C26H34N2O4S. The molecule has 6 nitrogen and oxygen atoms in total. The van der Waals surface area contributed by atoms with Crippen LogP contribution in [0.3, 0.4) is 0 Å². The number of nitrogens with one attached hydrogen (secondary N) is 1. The minimum Gasteiger partial charge on any atom is -0.487 e. The van der Waals surface area contributed by atoms with E-state index in [0.29, 0.717) is 25.1 Å². The Morgan fingerprint density at radius 1 is 1.03 bits per heavy atom. The fourth-order valence-electron chi connectivity index (χ4n) is 4.90. The lowest BCUT2D eigenvalue weighted by molar-refractivity contribution is 0.0227. The molecule has 2 aliphatic rings. The number of carbonyl (C=O) groups is 1. The number of amides is 1. The second-order valence-electron chi connectivity index (χ2n) is 9.11. The van der Waals surface area contributed by atoms with E-state index in [9.17, 15) is 13.2 Å². The summed E-state index contributed by atoms with van der Waals surface area (Å²) in [5.74, 6) is 0.529. The summed E-state index contributed by atoms with van der Waals surface area (Å²) >= 11 is 0. The lowest BCUT2D eigenvalue weighted by Gasteiger charge is -2.41. The van der Waals surface area contributed by atoms with E-state index in [0.717, 1.165) is 49.8 Å². The number of para-hydroxylation sites is 1. The van der Waals surface area contributed by atoms with E-state index in [1.54, 1.807) is 22.5 Å². The molecule has 2 aliphatic heterocycles. The number of hydrogen-bond donors (Lipinski definition) is 1. The van der Waals surface area contributed by atoms with Crippen molar-refractivity contribution >= 4 is 15.9 Å². The Bertz CT molecular complexity index is 1090. The zero-order valence-corrected chi connectivity index (χ0v) is 20.4. The van der Waals surface area contributed by atoms with Crippen LogP contribution in [0.1, 0.15) is 80.8 Å². The summed E-state index contributed by atoms with van der Waals surface area (Å²) in [6.07, 6.45) is 6.21. The fourth-order valence-corrected chi connectivity index (χ4v) is 6.46. The van der Waals surface area contributed by atoms with E-state index in [2.05, 4.69) is 19.2 Å². The van der Waals surface area contributed by atoms with Crippen LogP contribution in [-0.2, 0) is 10.0 Å². The van der Waals surface area contributed by atoms with Crippen molar-refractivity contribution in [1.82, 2.24) is 9.62 Å². The molecule has 0 spiro atoms. The normalized spacial score (nSPS) is 20.8. The molecule has 0 saturated carbocycles. The Morgan fingerprint density at radius 2 is 1.73 bits per heavy atom. The van der Waals surface area contributed by atoms with Crippen molar-refractivity contribution in [2.45, 2.75) is 75.3 Å². The molecule has 0 aliphatic carbocycles. The van der Waals surface area contributed by atoms with Crippen molar-refractivity contribution in [3.8, 4) is 5.75 Å². The maximum absolute atomic E-state index is 13.3. The summed E-state index contributed by atoms with van der Waals surface area (Å²) in [7, 11) is -3.62. The van der Waals surface area contributed by atoms with Crippen LogP contribution in [0.15, 0.2) is 53.4 Å². The second-order valence-corrected chi connectivity index (χ2v) is 11.0. The molecule has 0 bridgehead atoms. The Balaban J connectivity index is 1.58. The molecule has 1 saturated heterocycles. The van der Waals surface area contributed by atoms with Crippen molar-refractivity contribution in [2.24, 2.45) is 0 Å². The summed E-state index contributed by atoms with van der Waals surface area (Å²) in [5.41, 5.74) is 0.981. The third-order valence-electron chi connectivity index (χ3n) is 7.09. The van der Waals surface area contributed by atoms with Gasteiger partial charge in [-0.15, -0.1) is 0 Å². The highest BCUT2D eigenvalue weighted by Gasteiger charge is 2.39. The third-order valence-corrected chi connectivity index (χ3v) is 8.98. The SMILES string of the molecule is CCC1(CC)C[C@H](NC(=O)c2cccc(S(=O)(=O)N3CCCCCC3)c2)c2ccccc2O1. The number of hydrogen-bond acceptors (Lipinski definition) is 4. The maximum Gasteiger partial charge on any atom is 0.251 e. The number of benzene rings is 2. The molecule has 1 atom stereocenters. The van der Waals surface area contributed by atoms with Crippen LogP contribution in [0.2, 0.25) is 0 Å². The molecule has 1 amide bonds. The molecule has 0 aromatic heterocycles. The Hall–Kier alpha value is -2.38. The van der Waals surface area contributed by atoms with E-state index in [4.69, 9.17) is 4.74 Å². The fraction of sp³-hybridized carbons (Fsp3) is 0.500. The van der Waals surface area contributed by atoms with E-state index >= 15 is 0 Å². The van der Waals surface area contributed by atoms with Crippen LogP contribution in [0.25, 0.3) is 0 Å². The summed E-state index contributed by atoms with van der Waals surface area (Å²) in [5, 5.41) is 3.16. The minimum atomic E-state index is -3.62. The van der Waals surface area contributed by atoms with Crippen LogP contribution in [0.4, 0.5) is 0 Å². The highest BCUT2D eigenvalue weighted by molar-refractivity contribution is 7.89. The molecular weight excluding hydrogens is 436 g/mol. The Morgan fingerprint density at radius 3 is 2.42 bits per heavy atom. The standard InChI is InChI=1S/C26H34N2O4S/c1-3-26(4-2)19-23(22-14-7-8-15-24(22)32-26)27-25(29)20-12-11-13-21(18-20)33(30,31)28-16-9-5-6-10-17-28/h7-8,11-15,18,23H,3-6,9-10,16-17,19H2,1-2H3,(H,27,29)/t23-/m0/s1. The van der Waals surface area contributed by atoms with Gasteiger partial charge in [0, 0.05) is 30.6 Å². The first-order valence-electron chi connectivity index (χ1n) is 12.1. The van der Waals surface area contributed by atoms with Crippen LogP contribution >= 0.6 is 0 Å². The van der Waals surface area contributed by atoms with Gasteiger partial charge in [0.25, 0.3) is 5.91 Å². The van der Waals surface area contributed by atoms with Gasteiger partial charge in [-0.1, -0.05) is 51.0 Å². The van der Waals surface area contributed by atoms with Crippen molar-refractivity contribution in [2.75, 3.05) is 13.1 Å². The monoisotopic (exact) mass is 470 g/mol. The van der Waals surface area contributed by atoms with Crippen molar-refractivity contribution in [1.29, 1.82) is 0 Å². The van der Waals surface area contributed by atoms with E-state index < -0.39 is 10.0 Å². The predicted octanol–water partition coefficient (Wildman–Crippen LogP) is 5.06. The predicted molar refractivity (Wildman–Crippen MR) is 129 cm³/mol. The van der Waals surface area contributed by atoms with E-state index in [-0.39, 0.29) is 22.4 Å². The molecule has 0 unspecified atom stereocenters. The number of nitrogens with zero attached hydrogens (tertiary/aromatic N) is 1. The number of rotatable bonds is 6. The van der Waals surface area contributed by atoms with Gasteiger partial charge in [-0.3, -0.25) is 4.79 Å². The average Bonchev–Trinajstić information content (AvgIpc) is 3.14. The first-order valence-corrected chi connectivity index (χ1v) is 13.5. The summed E-state index contributed by atoms with van der Waals surface area (Å²) < 4.78 is 34.3. The zero-order chi connectivity index (χ0) is 23.5. The quantitative estimate of drug-likeness (QED) is 0.640. The molecule has 1 N–H and O–H groups in total. The lowest BCUT2D eigenvalue weighted by atomic mass is 9.83. The molecule has 2 heterocycles. The molecule has 7 heteroatoms. The van der Waals surface area contributed by atoms with Crippen molar-refractivity contribution < 1.29 is 17.9 Å². The van der Waals surface area contributed by atoms with Gasteiger partial charge in [0.1, 0.15) is 11.4 Å². The Kier molecular flexibility index (Phi) is 7.10. The van der Waals surface area contributed by atoms with Gasteiger partial charge in [0.05, 0.1) is 10.9 Å². The van der Waals surface area contributed by atoms with Gasteiger partial charge in [-0.2, -0.15) is 4.31 Å². The number of sulfonamides is 1. The smallest absolute Gasteiger partial charge is 0.251 e. The van der Waals surface area contributed by atoms with Gasteiger partial charge in [0.2, 0.25) is 10.0 Å². The number of carbonyl (C=O) groups excluding carboxylic acids is 1. The Labute approximate surface area is 197 Å².